The van der Waals surface area contributed by atoms with Gasteiger partial charge in [0.05, 0.1) is 11.9 Å². The maximum Gasteiger partial charge on any atom is 0.276 e. The van der Waals surface area contributed by atoms with Crippen LogP contribution in [0, 0.1) is 0 Å². The Balaban J connectivity index is 1.51. The fraction of sp³-hybridized carbons (Fsp3) is 0.250. The average molecular weight is 332 g/mol. The van der Waals surface area contributed by atoms with Crippen molar-refractivity contribution in [3.63, 3.8) is 0 Å². The van der Waals surface area contributed by atoms with Crippen LogP contribution >= 0.6 is 0 Å². The maximum atomic E-state index is 12.9. The SMILES string of the molecule is O=C(c1cnn(-c2ccccc2)n1)N1CCCC1Cc1ccccc1. The Morgan fingerprint density at radius 3 is 2.52 bits per heavy atom. The van der Waals surface area contributed by atoms with Gasteiger partial charge in [-0.3, -0.25) is 4.79 Å². The van der Waals surface area contributed by atoms with Crippen molar-refractivity contribution in [1.82, 2.24) is 19.9 Å². The summed E-state index contributed by atoms with van der Waals surface area (Å²) in [6.07, 6.45) is 4.52. The third kappa shape index (κ3) is 3.31. The minimum absolute atomic E-state index is 0.0272. The third-order valence-electron chi connectivity index (χ3n) is 4.65. The van der Waals surface area contributed by atoms with E-state index in [0.717, 1.165) is 31.5 Å². The van der Waals surface area contributed by atoms with Crippen LogP contribution < -0.4 is 0 Å². The van der Waals surface area contributed by atoms with Crippen LogP contribution in [-0.4, -0.2) is 38.4 Å². The van der Waals surface area contributed by atoms with Gasteiger partial charge in [0, 0.05) is 12.6 Å². The number of likely N-dealkylation sites (tertiary alicyclic amines) is 1. The highest BCUT2D eigenvalue weighted by Gasteiger charge is 2.30. The van der Waals surface area contributed by atoms with Gasteiger partial charge in [0.1, 0.15) is 0 Å². The van der Waals surface area contributed by atoms with Gasteiger partial charge in [-0.05, 0) is 37.0 Å². The second-order valence-corrected chi connectivity index (χ2v) is 6.34. The number of nitrogens with zero attached hydrogens (tertiary/aromatic N) is 4. The van der Waals surface area contributed by atoms with Crippen LogP contribution in [0.5, 0.6) is 0 Å². The summed E-state index contributed by atoms with van der Waals surface area (Å²) in [7, 11) is 0. The first-order valence-electron chi connectivity index (χ1n) is 8.64. The molecule has 1 aromatic heterocycles. The van der Waals surface area contributed by atoms with E-state index >= 15 is 0 Å². The molecule has 0 spiro atoms. The summed E-state index contributed by atoms with van der Waals surface area (Å²) in [5.74, 6) is -0.0272. The molecular formula is C20H20N4O. The average Bonchev–Trinajstić information content (AvgIpc) is 3.32. The van der Waals surface area contributed by atoms with E-state index in [4.69, 9.17) is 0 Å². The predicted molar refractivity (Wildman–Crippen MR) is 95.6 cm³/mol. The van der Waals surface area contributed by atoms with E-state index in [1.165, 1.54) is 10.4 Å². The van der Waals surface area contributed by atoms with E-state index < -0.39 is 0 Å². The molecule has 1 unspecified atom stereocenters. The van der Waals surface area contributed by atoms with Gasteiger partial charge in [-0.15, -0.1) is 5.10 Å². The van der Waals surface area contributed by atoms with Crippen LogP contribution in [0.4, 0.5) is 0 Å². The van der Waals surface area contributed by atoms with Crippen LogP contribution in [-0.2, 0) is 6.42 Å². The summed E-state index contributed by atoms with van der Waals surface area (Å²) in [4.78, 5) is 16.4. The number of para-hydroxylation sites is 1. The smallest absolute Gasteiger partial charge is 0.276 e. The lowest BCUT2D eigenvalue weighted by Crippen LogP contribution is -2.37. The Morgan fingerprint density at radius 2 is 1.76 bits per heavy atom. The number of hydrogen-bond donors (Lipinski definition) is 0. The molecule has 25 heavy (non-hydrogen) atoms. The quantitative estimate of drug-likeness (QED) is 0.737. The normalized spacial score (nSPS) is 17.0. The van der Waals surface area contributed by atoms with Crippen LogP contribution in [0.2, 0.25) is 0 Å². The predicted octanol–water partition coefficient (Wildman–Crippen LogP) is 3.11. The summed E-state index contributed by atoms with van der Waals surface area (Å²) >= 11 is 0. The van der Waals surface area contributed by atoms with Crippen LogP contribution in [0.1, 0.15) is 28.9 Å². The van der Waals surface area contributed by atoms with Gasteiger partial charge in [-0.1, -0.05) is 48.5 Å². The Bertz CT molecular complexity index is 844. The van der Waals surface area contributed by atoms with E-state index in [9.17, 15) is 4.79 Å². The first-order chi connectivity index (χ1) is 12.3. The summed E-state index contributed by atoms with van der Waals surface area (Å²) in [6, 6.07) is 20.2. The van der Waals surface area contributed by atoms with Crippen LogP contribution in [0.3, 0.4) is 0 Å². The van der Waals surface area contributed by atoms with Crippen molar-refractivity contribution >= 4 is 5.91 Å². The van der Waals surface area contributed by atoms with Gasteiger partial charge in [0.2, 0.25) is 0 Å². The molecule has 126 valence electrons. The van der Waals surface area contributed by atoms with Crippen molar-refractivity contribution in [2.75, 3.05) is 6.54 Å². The van der Waals surface area contributed by atoms with Gasteiger partial charge < -0.3 is 4.90 Å². The zero-order chi connectivity index (χ0) is 17.1. The monoisotopic (exact) mass is 332 g/mol. The minimum Gasteiger partial charge on any atom is -0.334 e. The van der Waals surface area contributed by atoms with Crippen molar-refractivity contribution in [1.29, 1.82) is 0 Å². The fourth-order valence-electron chi connectivity index (χ4n) is 3.40. The van der Waals surface area contributed by atoms with E-state index in [-0.39, 0.29) is 11.9 Å². The second kappa shape index (κ2) is 6.89. The van der Waals surface area contributed by atoms with Crippen molar-refractivity contribution < 1.29 is 4.79 Å². The first kappa shape index (κ1) is 15.6. The number of carbonyl (C=O) groups is 1. The lowest BCUT2D eigenvalue weighted by atomic mass is 10.0. The molecule has 0 saturated carbocycles. The van der Waals surface area contributed by atoms with Gasteiger partial charge in [-0.25, -0.2) is 0 Å². The Kier molecular flexibility index (Phi) is 4.29. The Labute approximate surface area is 146 Å². The lowest BCUT2D eigenvalue weighted by Gasteiger charge is -2.23. The van der Waals surface area contributed by atoms with E-state index in [0.29, 0.717) is 5.69 Å². The molecule has 1 fully saturated rings. The van der Waals surface area contributed by atoms with Crippen LogP contribution in [0.25, 0.3) is 5.69 Å². The van der Waals surface area contributed by atoms with Crippen LogP contribution in [0.15, 0.2) is 66.9 Å². The molecule has 1 atom stereocenters. The molecule has 0 N–H and O–H groups in total. The third-order valence-corrected chi connectivity index (χ3v) is 4.65. The highest BCUT2D eigenvalue weighted by molar-refractivity contribution is 5.92. The summed E-state index contributed by atoms with van der Waals surface area (Å²) < 4.78 is 0. The molecule has 0 aliphatic carbocycles. The highest BCUT2D eigenvalue weighted by atomic mass is 16.2. The molecule has 2 heterocycles. The molecule has 5 heteroatoms. The molecule has 0 radical (unpaired) electrons. The topological polar surface area (TPSA) is 51.0 Å². The molecule has 0 bridgehead atoms. The van der Waals surface area contributed by atoms with Crippen molar-refractivity contribution in [2.24, 2.45) is 0 Å². The van der Waals surface area contributed by atoms with Crippen molar-refractivity contribution in [2.45, 2.75) is 25.3 Å². The maximum absolute atomic E-state index is 12.9. The van der Waals surface area contributed by atoms with Gasteiger partial charge in [-0.2, -0.15) is 9.90 Å². The number of rotatable bonds is 4. The van der Waals surface area contributed by atoms with Crippen molar-refractivity contribution in [3.05, 3.63) is 78.1 Å². The zero-order valence-electron chi connectivity index (χ0n) is 14.0. The Morgan fingerprint density at radius 1 is 1.04 bits per heavy atom. The van der Waals surface area contributed by atoms with Gasteiger partial charge in [0.25, 0.3) is 5.91 Å². The second-order valence-electron chi connectivity index (χ2n) is 6.34. The number of carbonyl (C=O) groups excluding carboxylic acids is 1. The molecule has 1 aliphatic rings. The number of hydrogen-bond acceptors (Lipinski definition) is 3. The van der Waals surface area contributed by atoms with Gasteiger partial charge in [0.15, 0.2) is 5.69 Å². The van der Waals surface area contributed by atoms with E-state index in [1.54, 1.807) is 6.20 Å². The molecule has 2 aromatic carbocycles. The number of amides is 1. The minimum atomic E-state index is -0.0272. The van der Waals surface area contributed by atoms with Gasteiger partial charge >= 0.3 is 0 Å². The zero-order valence-corrected chi connectivity index (χ0v) is 14.0. The molecular weight excluding hydrogens is 312 g/mol. The molecule has 5 nitrogen and oxygen atoms in total. The molecule has 4 rings (SSSR count). The molecule has 1 aliphatic heterocycles. The lowest BCUT2D eigenvalue weighted by molar-refractivity contribution is 0.0730. The number of aromatic nitrogens is 3. The fourth-order valence-corrected chi connectivity index (χ4v) is 3.40. The summed E-state index contributed by atoms with van der Waals surface area (Å²) in [6.45, 7) is 0.786. The Hall–Kier alpha value is -2.95. The standard InChI is InChI=1S/C20H20N4O/c25-20(19-15-21-24(22-19)17-10-5-2-6-11-17)23-13-7-12-18(23)14-16-8-3-1-4-9-16/h1-6,8-11,15,18H,7,12-14H2. The van der Waals surface area contributed by atoms with E-state index in [2.05, 4.69) is 22.3 Å². The molecule has 1 amide bonds. The highest BCUT2D eigenvalue weighted by Crippen LogP contribution is 2.23. The largest absolute Gasteiger partial charge is 0.334 e. The number of benzene rings is 2. The summed E-state index contributed by atoms with van der Waals surface area (Å²) in [5, 5.41) is 8.63. The first-order valence-corrected chi connectivity index (χ1v) is 8.64. The summed E-state index contributed by atoms with van der Waals surface area (Å²) in [5.41, 5.74) is 2.52. The van der Waals surface area contributed by atoms with E-state index in [1.807, 2.05) is 53.4 Å². The molecule has 1 saturated heterocycles. The van der Waals surface area contributed by atoms with Crippen molar-refractivity contribution in [3.8, 4) is 5.69 Å². The molecule has 3 aromatic rings.